The molecule has 0 fully saturated rings. The zero-order chi connectivity index (χ0) is 11.1. The Bertz CT molecular complexity index is 276. The van der Waals surface area contributed by atoms with E-state index in [0.717, 1.165) is 41.6 Å². The Morgan fingerprint density at radius 3 is 2.73 bits per heavy atom. The predicted molar refractivity (Wildman–Crippen MR) is 67.7 cm³/mol. The van der Waals surface area contributed by atoms with Crippen LogP contribution in [-0.4, -0.2) is 36.1 Å². The summed E-state index contributed by atoms with van der Waals surface area (Å²) in [6.07, 6.45) is 2.82. The van der Waals surface area contributed by atoms with Crippen molar-refractivity contribution in [2.24, 2.45) is 0 Å². The van der Waals surface area contributed by atoms with Crippen LogP contribution in [0.5, 0.6) is 5.19 Å². The Hall–Kier alpha value is -0.130. The third-order valence-corrected chi connectivity index (χ3v) is 3.58. The van der Waals surface area contributed by atoms with Crippen molar-refractivity contribution in [3.05, 3.63) is 9.98 Å². The average molecular weight is 293 g/mol. The summed E-state index contributed by atoms with van der Waals surface area (Å²) in [6.45, 7) is 8.43. The molecule has 0 unspecified atom stereocenters. The molecular formula is C10H17BrN2OS. The van der Waals surface area contributed by atoms with Crippen molar-refractivity contribution in [1.29, 1.82) is 0 Å². The van der Waals surface area contributed by atoms with Crippen LogP contribution in [0.4, 0.5) is 0 Å². The zero-order valence-corrected chi connectivity index (χ0v) is 11.6. The maximum absolute atomic E-state index is 5.52. The van der Waals surface area contributed by atoms with Gasteiger partial charge in [0.25, 0.3) is 5.19 Å². The lowest BCUT2D eigenvalue weighted by Gasteiger charge is -2.17. The lowest BCUT2D eigenvalue weighted by Crippen LogP contribution is -2.25. The van der Waals surface area contributed by atoms with E-state index in [1.165, 1.54) is 11.3 Å². The van der Waals surface area contributed by atoms with Crippen LogP contribution in [0.25, 0.3) is 0 Å². The molecule has 0 saturated carbocycles. The fourth-order valence-corrected chi connectivity index (χ4v) is 2.33. The van der Waals surface area contributed by atoms with Crippen molar-refractivity contribution < 1.29 is 4.74 Å². The van der Waals surface area contributed by atoms with Crippen LogP contribution in [0.15, 0.2) is 9.98 Å². The molecule has 86 valence electrons. The lowest BCUT2D eigenvalue weighted by molar-refractivity contribution is 0.248. The van der Waals surface area contributed by atoms with Crippen molar-refractivity contribution in [2.45, 2.75) is 20.3 Å². The molecule has 0 aliphatic heterocycles. The summed E-state index contributed by atoms with van der Waals surface area (Å²) in [5, 5.41) is 0.751. The SMILES string of the molecule is CCN(CC)CCCOc1ncc(Br)s1. The van der Waals surface area contributed by atoms with E-state index < -0.39 is 0 Å². The van der Waals surface area contributed by atoms with Crippen LogP contribution in [-0.2, 0) is 0 Å². The molecule has 1 heterocycles. The van der Waals surface area contributed by atoms with Gasteiger partial charge < -0.3 is 9.64 Å². The molecule has 0 spiro atoms. The average Bonchev–Trinajstić information content (AvgIpc) is 2.65. The topological polar surface area (TPSA) is 25.4 Å². The summed E-state index contributed by atoms with van der Waals surface area (Å²) in [7, 11) is 0. The van der Waals surface area contributed by atoms with Gasteiger partial charge in [-0.3, -0.25) is 0 Å². The van der Waals surface area contributed by atoms with E-state index >= 15 is 0 Å². The van der Waals surface area contributed by atoms with Crippen molar-refractivity contribution in [3.63, 3.8) is 0 Å². The van der Waals surface area contributed by atoms with E-state index in [-0.39, 0.29) is 0 Å². The third kappa shape index (κ3) is 4.95. The first-order valence-electron chi connectivity index (χ1n) is 5.22. The summed E-state index contributed by atoms with van der Waals surface area (Å²) in [5.74, 6) is 0. The minimum Gasteiger partial charge on any atom is -0.470 e. The Morgan fingerprint density at radius 2 is 2.20 bits per heavy atom. The fourth-order valence-electron chi connectivity index (χ4n) is 1.29. The first-order chi connectivity index (χ1) is 7.26. The molecule has 0 aliphatic rings. The quantitative estimate of drug-likeness (QED) is 0.723. The molecule has 0 saturated heterocycles. The van der Waals surface area contributed by atoms with Crippen molar-refractivity contribution >= 4 is 27.3 Å². The number of hydrogen-bond donors (Lipinski definition) is 0. The highest BCUT2D eigenvalue weighted by molar-refractivity contribution is 9.11. The molecule has 1 rings (SSSR count). The summed E-state index contributed by atoms with van der Waals surface area (Å²) >= 11 is 4.88. The van der Waals surface area contributed by atoms with Gasteiger partial charge in [0.05, 0.1) is 16.6 Å². The molecule has 1 aromatic heterocycles. The van der Waals surface area contributed by atoms with Gasteiger partial charge in [0, 0.05) is 6.54 Å². The van der Waals surface area contributed by atoms with E-state index in [0.29, 0.717) is 0 Å². The Labute approximate surface area is 104 Å². The number of nitrogens with zero attached hydrogens (tertiary/aromatic N) is 2. The molecule has 0 aliphatic carbocycles. The maximum atomic E-state index is 5.52. The molecule has 0 radical (unpaired) electrons. The lowest BCUT2D eigenvalue weighted by atomic mass is 10.4. The first kappa shape index (κ1) is 12.9. The van der Waals surface area contributed by atoms with E-state index in [1.807, 2.05) is 0 Å². The molecule has 0 N–H and O–H groups in total. The molecule has 15 heavy (non-hydrogen) atoms. The number of rotatable bonds is 7. The smallest absolute Gasteiger partial charge is 0.274 e. The maximum Gasteiger partial charge on any atom is 0.274 e. The van der Waals surface area contributed by atoms with Gasteiger partial charge >= 0.3 is 0 Å². The van der Waals surface area contributed by atoms with Crippen LogP contribution in [0.2, 0.25) is 0 Å². The Kier molecular flexibility index (Phi) is 6.20. The minimum atomic E-state index is 0.746. The molecular weight excluding hydrogens is 276 g/mol. The molecule has 0 bridgehead atoms. The van der Waals surface area contributed by atoms with Crippen LogP contribution >= 0.6 is 27.3 Å². The normalized spacial score (nSPS) is 10.9. The van der Waals surface area contributed by atoms with Crippen LogP contribution in [0, 0.1) is 0 Å². The van der Waals surface area contributed by atoms with Crippen LogP contribution in [0.1, 0.15) is 20.3 Å². The van der Waals surface area contributed by atoms with Gasteiger partial charge in [0.15, 0.2) is 0 Å². The van der Waals surface area contributed by atoms with Gasteiger partial charge in [0.1, 0.15) is 0 Å². The summed E-state index contributed by atoms with van der Waals surface area (Å²) in [4.78, 5) is 6.50. The van der Waals surface area contributed by atoms with E-state index in [1.54, 1.807) is 6.20 Å². The van der Waals surface area contributed by atoms with Crippen LogP contribution < -0.4 is 4.74 Å². The second-order valence-electron chi connectivity index (χ2n) is 3.16. The number of ether oxygens (including phenoxy) is 1. The molecule has 3 nitrogen and oxygen atoms in total. The van der Waals surface area contributed by atoms with Gasteiger partial charge in [-0.15, -0.1) is 0 Å². The van der Waals surface area contributed by atoms with Crippen molar-refractivity contribution in [2.75, 3.05) is 26.2 Å². The highest BCUT2D eigenvalue weighted by atomic mass is 79.9. The summed E-state index contributed by atoms with van der Waals surface area (Å²) < 4.78 is 6.53. The Morgan fingerprint density at radius 1 is 1.47 bits per heavy atom. The molecule has 1 aromatic rings. The second kappa shape index (κ2) is 7.19. The largest absolute Gasteiger partial charge is 0.470 e. The Balaban J connectivity index is 2.11. The van der Waals surface area contributed by atoms with Gasteiger partial charge in [-0.05, 0) is 35.4 Å². The van der Waals surface area contributed by atoms with E-state index in [2.05, 4.69) is 39.7 Å². The fraction of sp³-hybridized carbons (Fsp3) is 0.700. The highest BCUT2D eigenvalue weighted by Gasteiger charge is 2.01. The van der Waals surface area contributed by atoms with Gasteiger partial charge in [0.2, 0.25) is 0 Å². The first-order valence-corrected chi connectivity index (χ1v) is 6.83. The standard InChI is InChI=1S/C10H17BrN2OS/c1-3-13(4-2)6-5-7-14-10-12-8-9(11)15-10/h8H,3-7H2,1-2H3. The van der Waals surface area contributed by atoms with Crippen molar-refractivity contribution in [1.82, 2.24) is 9.88 Å². The number of hydrogen-bond acceptors (Lipinski definition) is 4. The van der Waals surface area contributed by atoms with Gasteiger partial charge in [-0.25, -0.2) is 4.98 Å². The third-order valence-electron chi connectivity index (χ3n) is 2.19. The molecule has 0 aromatic carbocycles. The minimum absolute atomic E-state index is 0.746. The van der Waals surface area contributed by atoms with Gasteiger partial charge in [-0.2, -0.15) is 0 Å². The summed E-state index contributed by atoms with van der Waals surface area (Å²) in [5.41, 5.74) is 0. The summed E-state index contributed by atoms with van der Waals surface area (Å²) in [6, 6.07) is 0. The number of aromatic nitrogens is 1. The monoisotopic (exact) mass is 292 g/mol. The van der Waals surface area contributed by atoms with Crippen LogP contribution in [0.3, 0.4) is 0 Å². The molecule has 5 heteroatoms. The number of halogens is 1. The number of thiazole rings is 1. The zero-order valence-electron chi connectivity index (χ0n) is 9.20. The predicted octanol–water partition coefficient (Wildman–Crippen LogP) is 3.02. The van der Waals surface area contributed by atoms with Gasteiger partial charge in [-0.1, -0.05) is 25.2 Å². The van der Waals surface area contributed by atoms with E-state index in [4.69, 9.17) is 4.74 Å². The van der Waals surface area contributed by atoms with E-state index in [9.17, 15) is 0 Å². The molecule has 0 atom stereocenters. The molecule has 0 amide bonds. The van der Waals surface area contributed by atoms with Crippen molar-refractivity contribution in [3.8, 4) is 5.19 Å². The second-order valence-corrected chi connectivity index (χ2v) is 5.53. The highest BCUT2D eigenvalue weighted by Crippen LogP contribution is 2.25.